The number of hydrogen-bond acceptors (Lipinski definition) is 2. The number of carbonyl (C=O) groups excluding carboxylic acids is 1. The number of imidazole rings is 1. The van der Waals surface area contributed by atoms with Crippen LogP contribution in [0.25, 0.3) is 0 Å². The molecule has 3 aromatic rings. The summed E-state index contributed by atoms with van der Waals surface area (Å²) in [7, 11) is 0. The van der Waals surface area contributed by atoms with E-state index in [1.165, 1.54) is 16.7 Å². The Kier molecular flexibility index (Phi) is 6.30. The van der Waals surface area contributed by atoms with Crippen molar-refractivity contribution in [2.75, 3.05) is 0 Å². The second kappa shape index (κ2) is 8.87. The highest BCUT2D eigenvalue weighted by Crippen LogP contribution is 2.22. The fourth-order valence-corrected chi connectivity index (χ4v) is 3.17. The van der Waals surface area contributed by atoms with E-state index < -0.39 is 0 Å². The van der Waals surface area contributed by atoms with Crippen LogP contribution in [0.4, 0.5) is 0 Å². The van der Waals surface area contributed by atoms with E-state index in [2.05, 4.69) is 67.5 Å². The van der Waals surface area contributed by atoms with Crippen molar-refractivity contribution in [1.29, 1.82) is 0 Å². The summed E-state index contributed by atoms with van der Waals surface area (Å²) in [5, 5.41) is 3.06. The number of nitrogens with zero attached hydrogens (tertiary/aromatic N) is 2. The lowest BCUT2D eigenvalue weighted by atomic mass is 9.86. The van der Waals surface area contributed by atoms with Crippen LogP contribution in [-0.4, -0.2) is 15.5 Å². The zero-order chi connectivity index (χ0) is 20.0. The van der Waals surface area contributed by atoms with Crippen molar-refractivity contribution in [3.63, 3.8) is 0 Å². The molecule has 0 atom stereocenters. The number of carbonyl (C=O) groups is 1. The quantitative estimate of drug-likeness (QED) is 0.662. The van der Waals surface area contributed by atoms with Gasteiger partial charge in [0.1, 0.15) is 0 Å². The first-order valence-corrected chi connectivity index (χ1v) is 9.80. The van der Waals surface area contributed by atoms with Crippen LogP contribution < -0.4 is 5.32 Å². The summed E-state index contributed by atoms with van der Waals surface area (Å²) in [6.45, 7) is 7.93. The van der Waals surface area contributed by atoms with Gasteiger partial charge in [0.2, 0.25) is 5.91 Å². The Morgan fingerprint density at radius 2 is 1.75 bits per heavy atom. The summed E-state index contributed by atoms with van der Waals surface area (Å²) in [4.78, 5) is 16.4. The first kappa shape index (κ1) is 19.9. The minimum atomic E-state index is 0.0809. The van der Waals surface area contributed by atoms with E-state index in [0.717, 1.165) is 18.5 Å². The van der Waals surface area contributed by atoms with Gasteiger partial charge in [-0.05, 0) is 34.1 Å². The summed E-state index contributed by atoms with van der Waals surface area (Å²) in [5.74, 6) is 0.0809. The van der Waals surface area contributed by atoms with Crippen LogP contribution in [0.1, 0.15) is 49.4 Å². The third kappa shape index (κ3) is 5.56. The minimum Gasteiger partial charge on any atom is -0.352 e. The van der Waals surface area contributed by atoms with Crippen molar-refractivity contribution in [2.45, 2.75) is 52.1 Å². The van der Waals surface area contributed by atoms with Gasteiger partial charge in [-0.3, -0.25) is 4.79 Å². The maximum Gasteiger partial charge on any atom is 0.220 e. The summed E-state index contributed by atoms with van der Waals surface area (Å²) >= 11 is 0. The van der Waals surface area contributed by atoms with Crippen LogP contribution in [0.15, 0.2) is 67.3 Å². The van der Waals surface area contributed by atoms with Gasteiger partial charge in [0.25, 0.3) is 0 Å². The molecule has 28 heavy (non-hydrogen) atoms. The molecule has 0 aliphatic heterocycles. The minimum absolute atomic E-state index is 0.0809. The molecule has 0 saturated heterocycles. The van der Waals surface area contributed by atoms with Gasteiger partial charge in [-0.2, -0.15) is 0 Å². The van der Waals surface area contributed by atoms with Gasteiger partial charge in [0.15, 0.2) is 0 Å². The Bertz CT molecular complexity index is 890. The van der Waals surface area contributed by atoms with Gasteiger partial charge in [0, 0.05) is 31.9 Å². The van der Waals surface area contributed by atoms with Crippen molar-refractivity contribution in [3.8, 4) is 0 Å². The Morgan fingerprint density at radius 3 is 2.39 bits per heavy atom. The lowest BCUT2D eigenvalue weighted by molar-refractivity contribution is -0.121. The topological polar surface area (TPSA) is 46.9 Å². The van der Waals surface area contributed by atoms with Crippen LogP contribution in [-0.2, 0) is 29.7 Å². The van der Waals surface area contributed by atoms with Gasteiger partial charge in [0.05, 0.1) is 6.33 Å². The molecule has 4 heteroatoms. The molecule has 146 valence electrons. The van der Waals surface area contributed by atoms with E-state index in [1.807, 2.05) is 22.9 Å². The number of aromatic nitrogens is 2. The molecule has 0 aliphatic carbocycles. The van der Waals surface area contributed by atoms with Crippen LogP contribution in [0.3, 0.4) is 0 Å². The van der Waals surface area contributed by atoms with Crippen molar-refractivity contribution < 1.29 is 4.79 Å². The van der Waals surface area contributed by atoms with Crippen LogP contribution in [0.5, 0.6) is 0 Å². The number of amides is 1. The third-order valence-corrected chi connectivity index (χ3v) is 4.97. The molecule has 0 fully saturated rings. The largest absolute Gasteiger partial charge is 0.352 e. The molecule has 1 heterocycles. The van der Waals surface area contributed by atoms with Crippen LogP contribution in [0.2, 0.25) is 0 Å². The van der Waals surface area contributed by atoms with E-state index in [4.69, 9.17) is 0 Å². The Hall–Kier alpha value is -2.88. The molecule has 1 N–H and O–H groups in total. The predicted octanol–water partition coefficient (Wildman–Crippen LogP) is 4.48. The lowest BCUT2D eigenvalue weighted by Crippen LogP contribution is -2.23. The molecule has 0 unspecified atom stereocenters. The number of nitrogens with one attached hydrogen (secondary N) is 1. The van der Waals surface area contributed by atoms with Gasteiger partial charge in [-0.1, -0.05) is 69.3 Å². The molecule has 0 saturated carbocycles. The summed E-state index contributed by atoms with van der Waals surface area (Å²) in [6, 6.07) is 16.8. The second-order valence-electron chi connectivity index (χ2n) is 8.23. The predicted molar refractivity (Wildman–Crippen MR) is 113 cm³/mol. The van der Waals surface area contributed by atoms with Crippen molar-refractivity contribution in [1.82, 2.24) is 14.9 Å². The Labute approximate surface area is 167 Å². The Morgan fingerprint density at radius 1 is 1.04 bits per heavy atom. The molecule has 2 aromatic carbocycles. The number of benzene rings is 2. The molecule has 1 aromatic heterocycles. The van der Waals surface area contributed by atoms with E-state index in [-0.39, 0.29) is 11.3 Å². The molecular formula is C24H29N3O. The van der Waals surface area contributed by atoms with E-state index >= 15 is 0 Å². The summed E-state index contributed by atoms with van der Waals surface area (Å²) < 4.78 is 2.03. The molecule has 0 radical (unpaired) electrons. The standard InChI is InChI=1S/C24H29N3O/c1-24(2,3)22-11-8-19(9-12-22)10-13-23(28)26-16-20-6-4-5-7-21(20)17-27-15-14-25-18-27/h4-9,11-12,14-15,18H,10,13,16-17H2,1-3H3,(H,26,28). The number of hydrogen-bond donors (Lipinski definition) is 1. The summed E-state index contributed by atoms with van der Waals surface area (Å²) in [5.41, 5.74) is 5.00. The fourth-order valence-electron chi connectivity index (χ4n) is 3.17. The Balaban J connectivity index is 1.51. The molecule has 0 spiro atoms. The highest BCUT2D eigenvalue weighted by atomic mass is 16.1. The molecule has 1 amide bonds. The van der Waals surface area contributed by atoms with Crippen molar-refractivity contribution >= 4 is 5.91 Å². The third-order valence-electron chi connectivity index (χ3n) is 4.97. The average molecular weight is 376 g/mol. The van der Waals surface area contributed by atoms with Crippen LogP contribution >= 0.6 is 0 Å². The van der Waals surface area contributed by atoms with Gasteiger partial charge < -0.3 is 9.88 Å². The normalized spacial score (nSPS) is 11.4. The molecular weight excluding hydrogens is 346 g/mol. The highest BCUT2D eigenvalue weighted by molar-refractivity contribution is 5.76. The van der Waals surface area contributed by atoms with E-state index in [9.17, 15) is 4.79 Å². The van der Waals surface area contributed by atoms with Crippen molar-refractivity contribution in [3.05, 3.63) is 89.5 Å². The zero-order valence-electron chi connectivity index (χ0n) is 17.0. The molecule has 4 nitrogen and oxygen atoms in total. The second-order valence-corrected chi connectivity index (χ2v) is 8.23. The maximum absolute atomic E-state index is 12.3. The summed E-state index contributed by atoms with van der Waals surface area (Å²) in [6.07, 6.45) is 6.78. The maximum atomic E-state index is 12.3. The smallest absolute Gasteiger partial charge is 0.220 e. The first-order chi connectivity index (χ1) is 13.4. The highest BCUT2D eigenvalue weighted by Gasteiger charge is 2.13. The van der Waals surface area contributed by atoms with Gasteiger partial charge in [-0.25, -0.2) is 4.98 Å². The first-order valence-electron chi connectivity index (χ1n) is 9.80. The van der Waals surface area contributed by atoms with Gasteiger partial charge >= 0.3 is 0 Å². The zero-order valence-corrected chi connectivity index (χ0v) is 17.0. The number of aryl methyl sites for hydroxylation is 1. The van der Waals surface area contributed by atoms with Crippen molar-refractivity contribution in [2.24, 2.45) is 0 Å². The molecule has 3 rings (SSSR count). The fraction of sp³-hybridized carbons (Fsp3) is 0.333. The average Bonchev–Trinajstić information content (AvgIpc) is 3.18. The van der Waals surface area contributed by atoms with E-state index in [1.54, 1.807) is 12.5 Å². The number of rotatable bonds is 7. The van der Waals surface area contributed by atoms with Crippen LogP contribution in [0, 0.1) is 0 Å². The van der Waals surface area contributed by atoms with Gasteiger partial charge in [-0.15, -0.1) is 0 Å². The molecule has 0 bridgehead atoms. The monoisotopic (exact) mass is 375 g/mol. The SMILES string of the molecule is CC(C)(C)c1ccc(CCC(=O)NCc2ccccc2Cn2ccnc2)cc1. The lowest BCUT2D eigenvalue weighted by Gasteiger charge is -2.19. The van der Waals surface area contributed by atoms with E-state index in [0.29, 0.717) is 13.0 Å². The molecule has 0 aliphatic rings.